The molecule has 2 heterocycles. The van der Waals surface area contributed by atoms with E-state index < -0.39 is 0 Å². The van der Waals surface area contributed by atoms with Crippen molar-refractivity contribution in [3.05, 3.63) is 60.3 Å². The van der Waals surface area contributed by atoms with E-state index in [1.54, 1.807) is 12.4 Å². The van der Waals surface area contributed by atoms with Gasteiger partial charge in [0.2, 0.25) is 0 Å². The molecule has 6 heteroatoms. The molecule has 0 saturated carbocycles. The Balaban J connectivity index is 1.77. The number of aromatic amines is 2. The second-order valence-electron chi connectivity index (χ2n) is 4.24. The maximum absolute atomic E-state index is 12.2. The van der Waals surface area contributed by atoms with Crippen molar-refractivity contribution in [2.75, 3.05) is 0 Å². The van der Waals surface area contributed by atoms with Crippen molar-refractivity contribution in [1.82, 2.24) is 25.5 Å². The van der Waals surface area contributed by atoms with Gasteiger partial charge in [0.1, 0.15) is 5.82 Å². The molecule has 0 aliphatic carbocycles. The first-order valence-corrected chi connectivity index (χ1v) is 6.20. The van der Waals surface area contributed by atoms with E-state index in [1.165, 1.54) is 6.20 Å². The number of nitrogens with zero attached hydrogens (tertiary/aromatic N) is 2. The summed E-state index contributed by atoms with van der Waals surface area (Å²) >= 11 is 0. The number of carbonyl (C=O) groups excluding carboxylic acids is 1. The summed E-state index contributed by atoms with van der Waals surface area (Å²) in [7, 11) is 0. The number of amides is 1. The van der Waals surface area contributed by atoms with Gasteiger partial charge in [-0.3, -0.25) is 9.89 Å². The molecule has 0 fully saturated rings. The Morgan fingerprint density at radius 2 is 2.10 bits per heavy atom. The minimum atomic E-state index is -0.186. The Labute approximate surface area is 115 Å². The van der Waals surface area contributed by atoms with E-state index in [2.05, 4.69) is 25.5 Å². The molecule has 0 atom stereocenters. The molecule has 0 saturated heterocycles. The summed E-state index contributed by atoms with van der Waals surface area (Å²) in [6, 6.07) is 9.62. The summed E-state index contributed by atoms with van der Waals surface area (Å²) < 4.78 is 0. The third-order valence-corrected chi connectivity index (χ3v) is 2.92. The number of benzene rings is 1. The molecule has 0 aliphatic rings. The summed E-state index contributed by atoms with van der Waals surface area (Å²) in [4.78, 5) is 19.2. The highest BCUT2D eigenvalue weighted by atomic mass is 16.1. The molecular formula is C14H13N5O. The van der Waals surface area contributed by atoms with Crippen molar-refractivity contribution in [2.24, 2.45) is 0 Å². The predicted octanol–water partition coefficient (Wildman–Crippen LogP) is 1.73. The number of H-pyrrole nitrogens is 2. The fourth-order valence-electron chi connectivity index (χ4n) is 1.94. The second kappa shape index (κ2) is 5.40. The first-order chi connectivity index (χ1) is 9.84. The normalized spacial score (nSPS) is 10.4. The van der Waals surface area contributed by atoms with Crippen LogP contribution in [0.3, 0.4) is 0 Å². The van der Waals surface area contributed by atoms with Gasteiger partial charge >= 0.3 is 0 Å². The Morgan fingerprint density at radius 1 is 1.25 bits per heavy atom. The molecule has 100 valence electrons. The highest BCUT2D eigenvalue weighted by Crippen LogP contribution is 2.20. The summed E-state index contributed by atoms with van der Waals surface area (Å²) in [5.74, 6) is 0.525. The maximum Gasteiger partial charge on any atom is 0.255 e. The molecule has 0 spiro atoms. The molecular weight excluding hydrogens is 254 g/mol. The lowest BCUT2D eigenvalue weighted by Gasteiger charge is -2.04. The number of aromatic nitrogens is 4. The molecule has 3 rings (SSSR count). The van der Waals surface area contributed by atoms with Crippen molar-refractivity contribution in [2.45, 2.75) is 6.54 Å². The maximum atomic E-state index is 12.2. The van der Waals surface area contributed by atoms with Gasteiger partial charge in [0.15, 0.2) is 0 Å². The van der Waals surface area contributed by atoms with Gasteiger partial charge in [-0.05, 0) is 0 Å². The summed E-state index contributed by atoms with van der Waals surface area (Å²) in [5, 5.41) is 9.62. The van der Waals surface area contributed by atoms with Crippen LogP contribution >= 0.6 is 0 Å². The number of nitrogens with one attached hydrogen (secondary N) is 3. The van der Waals surface area contributed by atoms with Crippen LogP contribution in [0.2, 0.25) is 0 Å². The summed E-state index contributed by atoms with van der Waals surface area (Å²) in [6.07, 6.45) is 4.89. The molecule has 2 aromatic heterocycles. The van der Waals surface area contributed by atoms with Gasteiger partial charge < -0.3 is 10.3 Å². The van der Waals surface area contributed by atoms with Gasteiger partial charge in [0.25, 0.3) is 5.91 Å². The van der Waals surface area contributed by atoms with E-state index in [0.717, 1.165) is 5.56 Å². The van der Waals surface area contributed by atoms with Crippen molar-refractivity contribution in [3.63, 3.8) is 0 Å². The molecule has 1 amide bonds. The first-order valence-electron chi connectivity index (χ1n) is 6.20. The van der Waals surface area contributed by atoms with Crippen LogP contribution in [0, 0.1) is 0 Å². The molecule has 0 radical (unpaired) electrons. The Bertz CT molecular complexity index is 687. The van der Waals surface area contributed by atoms with E-state index in [-0.39, 0.29) is 5.91 Å². The lowest BCUT2D eigenvalue weighted by molar-refractivity contribution is 0.0950. The number of imidazole rings is 1. The highest BCUT2D eigenvalue weighted by molar-refractivity contribution is 5.99. The van der Waals surface area contributed by atoms with Crippen molar-refractivity contribution < 1.29 is 4.79 Å². The third-order valence-electron chi connectivity index (χ3n) is 2.92. The van der Waals surface area contributed by atoms with Gasteiger partial charge in [-0.15, -0.1) is 0 Å². The van der Waals surface area contributed by atoms with E-state index >= 15 is 0 Å². The minimum Gasteiger partial charge on any atom is -0.347 e. The lowest BCUT2D eigenvalue weighted by atomic mass is 10.1. The predicted molar refractivity (Wildman–Crippen MR) is 73.8 cm³/mol. The Morgan fingerprint density at radius 3 is 2.85 bits per heavy atom. The van der Waals surface area contributed by atoms with E-state index in [9.17, 15) is 4.79 Å². The van der Waals surface area contributed by atoms with Crippen LogP contribution in [0.1, 0.15) is 16.2 Å². The zero-order valence-corrected chi connectivity index (χ0v) is 10.6. The van der Waals surface area contributed by atoms with Gasteiger partial charge in [0, 0.05) is 18.0 Å². The van der Waals surface area contributed by atoms with Crippen molar-refractivity contribution >= 4 is 5.91 Å². The molecule has 0 aliphatic heterocycles. The quantitative estimate of drug-likeness (QED) is 0.672. The number of carbonyl (C=O) groups is 1. The molecule has 3 aromatic rings. The Hall–Kier alpha value is -2.89. The molecule has 20 heavy (non-hydrogen) atoms. The lowest BCUT2D eigenvalue weighted by Crippen LogP contribution is -2.23. The number of hydrogen-bond acceptors (Lipinski definition) is 3. The molecule has 1 aromatic carbocycles. The van der Waals surface area contributed by atoms with E-state index in [4.69, 9.17) is 0 Å². The number of hydrogen-bond donors (Lipinski definition) is 3. The number of rotatable bonds is 4. The molecule has 0 unspecified atom stereocenters. The van der Waals surface area contributed by atoms with Gasteiger partial charge in [-0.25, -0.2) is 4.98 Å². The van der Waals surface area contributed by atoms with Crippen LogP contribution in [-0.2, 0) is 6.54 Å². The fourth-order valence-corrected chi connectivity index (χ4v) is 1.94. The largest absolute Gasteiger partial charge is 0.347 e. The third kappa shape index (κ3) is 2.44. The van der Waals surface area contributed by atoms with E-state index in [0.29, 0.717) is 23.6 Å². The standard InChI is InChI=1S/C14H13N5O/c20-14(17-9-12-15-6-7-16-12)11-8-18-19-13(11)10-4-2-1-3-5-10/h1-8H,9H2,(H,15,16)(H,17,20)(H,18,19). The SMILES string of the molecule is O=C(NCc1ncc[nH]1)c1cn[nH]c1-c1ccccc1. The molecule has 0 bridgehead atoms. The minimum absolute atomic E-state index is 0.186. The van der Waals surface area contributed by atoms with Gasteiger partial charge in [-0.2, -0.15) is 5.10 Å². The fraction of sp³-hybridized carbons (Fsp3) is 0.0714. The smallest absolute Gasteiger partial charge is 0.255 e. The molecule has 6 nitrogen and oxygen atoms in total. The summed E-state index contributed by atoms with van der Waals surface area (Å²) in [6.45, 7) is 0.352. The summed E-state index contributed by atoms with van der Waals surface area (Å²) in [5.41, 5.74) is 2.15. The first kappa shape index (κ1) is 12.2. The van der Waals surface area contributed by atoms with Crippen molar-refractivity contribution in [1.29, 1.82) is 0 Å². The van der Waals surface area contributed by atoms with Gasteiger partial charge in [0.05, 0.1) is 24.0 Å². The zero-order valence-electron chi connectivity index (χ0n) is 10.6. The van der Waals surface area contributed by atoms with Crippen molar-refractivity contribution in [3.8, 4) is 11.3 Å². The van der Waals surface area contributed by atoms with Crippen LogP contribution in [-0.4, -0.2) is 26.1 Å². The average Bonchev–Trinajstić information content (AvgIpc) is 3.17. The topological polar surface area (TPSA) is 86.5 Å². The van der Waals surface area contributed by atoms with Crippen LogP contribution < -0.4 is 5.32 Å². The van der Waals surface area contributed by atoms with Crippen LogP contribution in [0.25, 0.3) is 11.3 Å². The van der Waals surface area contributed by atoms with Crippen LogP contribution in [0.5, 0.6) is 0 Å². The van der Waals surface area contributed by atoms with Crippen LogP contribution in [0.4, 0.5) is 0 Å². The highest BCUT2D eigenvalue weighted by Gasteiger charge is 2.14. The van der Waals surface area contributed by atoms with Crippen LogP contribution in [0.15, 0.2) is 48.9 Å². The monoisotopic (exact) mass is 267 g/mol. The second-order valence-corrected chi connectivity index (χ2v) is 4.24. The Kier molecular flexibility index (Phi) is 3.28. The molecule has 3 N–H and O–H groups in total. The van der Waals surface area contributed by atoms with E-state index in [1.807, 2.05) is 30.3 Å². The zero-order chi connectivity index (χ0) is 13.8. The van der Waals surface area contributed by atoms with Gasteiger partial charge in [-0.1, -0.05) is 30.3 Å². The average molecular weight is 267 g/mol.